The molecule has 3 aromatic rings. The van der Waals surface area contributed by atoms with Gasteiger partial charge in [0.05, 0.1) is 16.8 Å². The largest absolute Gasteiger partial charge is 0.455 e. The standard InChI is InChI=1S/C20H22N4O3S/c1-21-19(26)14-11-12(9-10-22-14)27-16-7-4-8-17-18(16)24-20(28-17)23-13-5-2-3-6-15(13)25/h4,7-11,13,15,25H,2-3,5-6H2,1H3,(H,21,26)(H,23,24)/t13-,15-/m1/s1. The van der Waals surface area contributed by atoms with Crippen molar-refractivity contribution in [3.63, 3.8) is 0 Å². The summed E-state index contributed by atoms with van der Waals surface area (Å²) < 4.78 is 6.99. The van der Waals surface area contributed by atoms with E-state index < -0.39 is 0 Å². The number of hydrogen-bond donors (Lipinski definition) is 3. The molecule has 7 nitrogen and oxygen atoms in total. The van der Waals surface area contributed by atoms with Crippen LogP contribution in [0.5, 0.6) is 11.5 Å². The molecule has 0 bridgehead atoms. The Morgan fingerprint density at radius 1 is 1.29 bits per heavy atom. The van der Waals surface area contributed by atoms with Gasteiger partial charge in [0, 0.05) is 19.3 Å². The van der Waals surface area contributed by atoms with Crippen LogP contribution in [-0.4, -0.2) is 40.2 Å². The molecule has 2 atom stereocenters. The number of pyridine rings is 1. The summed E-state index contributed by atoms with van der Waals surface area (Å²) in [6.45, 7) is 0. The van der Waals surface area contributed by atoms with Gasteiger partial charge in [-0.2, -0.15) is 0 Å². The highest BCUT2D eigenvalue weighted by Gasteiger charge is 2.24. The van der Waals surface area contributed by atoms with Gasteiger partial charge in [-0.3, -0.25) is 9.78 Å². The molecule has 28 heavy (non-hydrogen) atoms. The number of hydrogen-bond acceptors (Lipinski definition) is 7. The van der Waals surface area contributed by atoms with Crippen molar-refractivity contribution in [2.24, 2.45) is 0 Å². The first kappa shape index (κ1) is 18.6. The van der Waals surface area contributed by atoms with Crippen LogP contribution in [0.15, 0.2) is 36.5 Å². The molecule has 146 valence electrons. The van der Waals surface area contributed by atoms with Gasteiger partial charge in [-0.05, 0) is 31.0 Å². The predicted octanol–water partition coefficient (Wildman–Crippen LogP) is 3.56. The molecule has 0 saturated heterocycles. The lowest BCUT2D eigenvalue weighted by molar-refractivity contribution is 0.0957. The van der Waals surface area contributed by atoms with Crippen LogP contribution in [-0.2, 0) is 0 Å². The van der Waals surface area contributed by atoms with Crippen molar-refractivity contribution >= 4 is 32.6 Å². The molecule has 8 heteroatoms. The number of benzene rings is 1. The Morgan fingerprint density at radius 2 is 2.14 bits per heavy atom. The number of aromatic nitrogens is 2. The predicted molar refractivity (Wildman–Crippen MR) is 109 cm³/mol. The lowest BCUT2D eigenvalue weighted by Crippen LogP contribution is -2.36. The van der Waals surface area contributed by atoms with Gasteiger partial charge < -0.3 is 20.5 Å². The number of amides is 1. The van der Waals surface area contributed by atoms with Crippen molar-refractivity contribution in [2.75, 3.05) is 12.4 Å². The maximum Gasteiger partial charge on any atom is 0.269 e. The first-order valence-electron chi connectivity index (χ1n) is 9.34. The van der Waals surface area contributed by atoms with E-state index in [4.69, 9.17) is 4.74 Å². The molecule has 1 amide bonds. The zero-order valence-electron chi connectivity index (χ0n) is 15.5. The number of rotatable bonds is 5. The minimum atomic E-state index is -0.337. The second-order valence-corrected chi connectivity index (χ2v) is 7.81. The first-order valence-corrected chi connectivity index (χ1v) is 10.2. The summed E-state index contributed by atoms with van der Waals surface area (Å²) in [5.41, 5.74) is 1.04. The van der Waals surface area contributed by atoms with Crippen molar-refractivity contribution in [3.05, 3.63) is 42.2 Å². The average Bonchev–Trinajstić information content (AvgIpc) is 3.13. The molecule has 3 N–H and O–H groups in total. The molecular formula is C20H22N4O3S. The average molecular weight is 398 g/mol. The van der Waals surface area contributed by atoms with Crippen LogP contribution in [0.1, 0.15) is 36.2 Å². The zero-order valence-corrected chi connectivity index (χ0v) is 16.3. The molecule has 2 aromatic heterocycles. The van der Waals surface area contributed by atoms with E-state index in [1.807, 2.05) is 18.2 Å². The van der Waals surface area contributed by atoms with Crippen LogP contribution in [0.4, 0.5) is 5.13 Å². The number of aliphatic hydroxyl groups excluding tert-OH is 1. The maximum atomic E-state index is 11.8. The van der Waals surface area contributed by atoms with E-state index in [0.29, 0.717) is 17.2 Å². The first-order chi connectivity index (χ1) is 13.6. The molecule has 2 heterocycles. The van der Waals surface area contributed by atoms with Crippen molar-refractivity contribution in [1.82, 2.24) is 15.3 Å². The van der Waals surface area contributed by atoms with E-state index in [2.05, 4.69) is 20.6 Å². The molecule has 1 aliphatic carbocycles. The minimum Gasteiger partial charge on any atom is -0.455 e. The zero-order chi connectivity index (χ0) is 19.5. The van der Waals surface area contributed by atoms with Crippen molar-refractivity contribution in [3.8, 4) is 11.5 Å². The third-order valence-corrected chi connectivity index (χ3v) is 5.79. The number of thiazole rings is 1. The number of fused-ring (bicyclic) bond motifs is 1. The van der Waals surface area contributed by atoms with Crippen molar-refractivity contribution < 1.29 is 14.6 Å². The van der Waals surface area contributed by atoms with Crippen LogP contribution in [0.25, 0.3) is 10.2 Å². The Balaban J connectivity index is 1.58. The van der Waals surface area contributed by atoms with Gasteiger partial charge in [-0.25, -0.2) is 4.98 Å². The molecular weight excluding hydrogens is 376 g/mol. The van der Waals surface area contributed by atoms with Gasteiger partial charge in [0.1, 0.15) is 17.0 Å². The topological polar surface area (TPSA) is 96.4 Å². The normalized spacial score (nSPS) is 19.4. The van der Waals surface area contributed by atoms with E-state index in [9.17, 15) is 9.90 Å². The molecule has 4 rings (SSSR count). The minimum absolute atomic E-state index is 0.0361. The van der Waals surface area contributed by atoms with E-state index >= 15 is 0 Å². The Bertz CT molecular complexity index is 990. The second-order valence-electron chi connectivity index (χ2n) is 6.78. The van der Waals surface area contributed by atoms with Crippen LogP contribution in [0.2, 0.25) is 0 Å². The summed E-state index contributed by atoms with van der Waals surface area (Å²) in [6, 6.07) is 9.09. The Morgan fingerprint density at radius 3 is 2.96 bits per heavy atom. The third kappa shape index (κ3) is 3.93. The number of para-hydroxylation sites is 1. The molecule has 1 saturated carbocycles. The van der Waals surface area contributed by atoms with E-state index in [1.54, 1.807) is 25.4 Å². The highest BCUT2D eigenvalue weighted by molar-refractivity contribution is 7.22. The molecule has 1 aromatic carbocycles. The summed E-state index contributed by atoms with van der Waals surface area (Å²) in [6.07, 6.45) is 5.16. The second kappa shape index (κ2) is 8.12. The summed E-state index contributed by atoms with van der Waals surface area (Å²) in [5, 5.41) is 16.9. The number of anilines is 1. The molecule has 1 fully saturated rings. The summed E-state index contributed by atoms with van der Waals surface area (Å²) in [5.74, 6) is 0.862. The third-order valence-electron chi connectivity index (χ3n) is 4.84. The van der Waals surface area contributed by atoms with E-state index in [-0.39, 0.29) is 18.1 Å². The maximum absolute atomic E-state index is 11.8. The fraction of sp³-hybridized carbons (Fsp3) is 0.350. The molecule has 0 unspecified atom stereocenters. The van der Waals surface area contributed by atoms with Gasteiger partial charge >= 0.3 is 0 Å². The van der Waals surface area contributed by atoms with Gasteiger partial charge in [0.25, 0.3) is 5.91 Å². The summed E-state index contributed by atoms with van der Waals surface area (Å²) in [4.78, 5) is 20.5. The summed E-state index contributed by atoms with van der Waals surface area (Å²) >= 11 is 1.54. The van der Waals surface area contributed by atoms with Gasteiger partial charge in [0.2, 0.25) is 0 Å². The Hall–Kier alpha value is -2.71. The lowest BCUT2D eigenvalue weighted by Gasteiger charge is -2.27. The Labute approximate surface area is 166 Å². The van der Waals surface area contributed by atoms with Crippen LogP contribution in [0.3, 0.4) is 0 Å². The summed E-state index contributed by atoms with van der Waals surface area (Å²) in [7, 11) is 1.56. The fourth-order valence-corrected chi connectivity index (χ4v) is 4.30. The molecule has 1 aliphatic rings. The number of carbonyl (C=O) groups is 1. The monoisotopic (exact) mass is 398 g/mol. The van der Waals surface area contributed by atoms with Crippen LogP contribution >= 0.6 is 11.3 Å². The van der Waals surface area contributed by atoms with Crippen molar-refractivity contribution in [1.29, 1.82) is 0 Å². The number of aliphatic hydroxyl groups is 1. The Kier molecular flexibility index (Phi) is 5.40. The number of carbonyl (C=O) groups excluding carboxylic acids is 1. The number of nitrogens with zero attached hydrogens (tertiary/aromatic N) is 2. The number of ether oxygens (including phenoxy) is 1. The molecule has 0 spiro atoms. The highest BCUT2D eigenvalue weighted by Crippen LogP contribution is 2.35. The number of nitrogens with one attached hydrogen (secondary N) is 2. The van der Waals surface area contributed by atoms with Gasteiger partial charge in [-0.15, -0.1) is 0 Å². The SMILES string of the molecule is CNC(=O)c1cc(Oc2cccc3sc(N[C@@H]4CCCC[C@H]4O)nc23)ccn1. The van der Waals surface area contributed by atoms with E-state index in [0.717, 1.165) is 41.0 Å². The molecule has 0 aliphatic heterocycles. The molecule has 0 radical (unpaired) electrons. The van der Waals surface area contributed by atoms with Crippen LogP contribution < -0.4 is 15.4 Å². The highest BCUT2D eigenvalue weighted by atomic mass is 32.1. The van der Waals surface area contributed by atoms with Crippen LogP contribution in [0, 0.1) is 0 Å². The van der Waals surface area contributed by atoms with Crippen molar-refractivity contribution in [2.45, 2.75) is 37.8 Å². The fourth-order valence-electron chi connectivity index (χ4n) is 3.36. The van der Waals surface area contributed by atoms with Gasteiger partial charge in [-0.1, -0.05) is 30.2 Å². The van der Waals surface area contributed by atoms with E-state index in [1.165, 1.54) is 11.3 Å². The lowest BCUT2D eigenvalue weighted by atomic mass is 9.93. The smallest absolute Gasteiger partial charge is 0.269 e. The van der Waals surface area contributed by atoms with Gasteiger partial charge in [0.15, 0.2) is 10.9 Å². The quantitative estimate of drug-likeness (QED) is 0.608.